The van der Waals surface area contributed by atoms with E-state index in [2.05, 4.69) is 10.9 Å². The van der Waals surface area contributed by atoms with Gasteiger partial charge < -0.3 is 14.2 Å². The lowest BCUT2D eigenvalue weighted by atomic mass is 10.1. The standard InChI is InChI=1S/C19H25NO4/c1-5-7-8-9-10-18(21)24-19-15(3)20-12-16(13-23-11-6-2)17(19)14-22-4/h2,5,7,12H,8-11,13-14H2,1,3-4H3/b7-5-. The van der Waals surface area contributed by atoms with Crippen molar-refractivity contribution >= 4 is 5.97 Å². The normalized spacial score (nSPS) is 10.8. The summed E-state index contributed by atoms with van der Waals surface area (Å²) >= 11 is 0. The molecule has 5 heteroatoms. The van der Waals surface area contributed by atoms with Crippen molar-refractivity contribution in [1.29, 1.82) is 0 Å². The van der Waals surface area contributed by atoms with E-state index >= 15 is 0 Å². The molecule has 0 radical (unpaired) electrons. The molecule has 0 aromatic carbocycles. The summed E-state index contributed by atoms with van der Waals surface area (Å²) in [5.41, 5.74) is 2.21. The molecular formula is C19H25NO4. The number of hydrogen-bond acceptors (Lipinski definition) is 5. The zero-order valence-corrected chi connectivity index (χ0v) is 14.6. The number of nitrogens with zero attached hydrogens (tertiary/aromatic N) is 1. The summed E-state index contributed by atoms with van der Waals surface area (Å²) in [7, 11) is 1.59. The largest absolute Gasteiger partial charge is 0.424 e. The van der Waals surface area contributed by atoms with Gasteiger partial charge in [-0.2, -0.15) is 0 Å². The molecule has 24 heavy (non-hydrogen) atoms. The number of ether oxygens (including phenoxy) is 3. The Morgan fingerprint density at radius 2 is 2.21 bits per heavy atom. The fourth-order valence-corrected chi connectivity index (χ4v) is 2.15. The van der Waals surface area contributed by atoms with Crippen LogP contribution in [0.2, 0.25) is 0 Å². The van der Waals surface area contributed by atoms with Crippen LogP contribution in [0, 0.1) is 19.3 Å². The summed E-state index contributed by atoms with van der Waals surface area (Å²) in [4.78, 5) is 16.4. The number of aryl methyl sites for hydroxylation is 1. The molecule has 0 aliphatic heterocycles. The van der Waals surface area contributed by atoms with Gasteiger partial charge in [-0.3, -0.25) is 9.78 Å². The van der Waals surface area contributed by atoms with Crippen molar-refractivity contribution in [2.45, 2.75) is 46.3 Å². The van der Waals surface area contributed by atoms with Crippen molar-refractivity contribution in [3.05, 3.63) is 35.2 Å². The molecule has 5 nitrogen and oxygen atoms in total. The van der Waals surface area contributed by atoms with Crippen LogP contribution in [0.15, 0.2) is 18.3 Å². The molecule has 0 unspecified atom stereocenters. The monoisotopic (exact) mass is 331 g/mol. The van der Waals surface area contributed by atoms with Crippen molar-refractivity contribution in [2.24, 2.45) is 0 Å². The lowest BCUT2D eigenvalue weighted by Gasteiger charge is -2.15. The van der Waals surface area contributed by atoms with E-state index in [0.717, 1.165) is 24.0 Å². The highest BCUT2D eigenvalue weighted by Gasteiger charge is 2.17. The molecule has 0 aliphatic carbocycles. The van der Waals surface area contributed by atoms with Crippen molar-refractivity contribution in [1.82, 2.24) is 4.98 Å². The third-order valence-corrected chi connectivity index (χ3v) is 3.34. The first-order valence-corrected chi connectivity index (χ1v) is 7.93. The van der Waals surface area contributed by atoms with E-state index in [1.807, 2.05) is 19.1 Å². The lowest BCUT2D eigenvalue weighted by molar-refractivity contribution is -0.134. The van der Waals surface area contributed by atoms with Gasteiger partial charge in [-0.1, -0.05) is 18.1 Å². The second-order valence-corrected chi connectivity index (χ2v) is 5.24. The highest BCUT2D eigenvalue weighted by molar-refractivity contribution is 5.73. The Morgan fingerprint density at radius 3 is 2.88 bits per heavy atom. The minimum atomic E-state index is -0.275. The maximum atomic E-state index is 12.1. The Balaban J connectivity index is 2.88. The molecule has 0 fully saturated rings. The zero-order valence-electron chi connectivity index (χ0n) is 14.6. The summed E-state index contributed by atoms with van der Waals surface area (Å²) in [5, 5.41) is 0. The van der Waals surface area contributed by atoms with Gasteiger partial charge in [-0.15, -0.1) is 6.42 Å². The third-order valence-electron chi connectivity index (χ3n) is 3.34. The number of pyridine rings is 1. The molecule has 0 aliphatic rings. The molecule has 0 saturated carbocycles. The minimum absolute atomic E-state index is 0.209. The van der Waals surface area contributed by atoms with Gasteiger partial charge in [0, 0.05) is 30.9 Å². The number of methoxy groups -OCH3 is 1. The number of aromatic nitrogens is 1. The van der Waals surface area contributed by atoms with E-state index in [0.29, 0.717) is 31.1 Å². The molecule has 0 amide bonds. The van der Waals surface area contributed by atoms with E-state index in [9.17, 15) is 4.79 Å². The second-order valence-electron chi connectivity index (χ2n) is 5.24. The van der Waals surface area contributed by atoms with Crippen LogP contribution in [0.4, 0.5) is 0 Å². The first kappa shape index (κ1) is 19.9. The molecular weight excluding hydrogens is 306 g/mol. The van der Waals surface area contributed by atoms with Crippen LogP contribution >= 0.6 is 0 Å². The number of allylic oxidation sites excluding steroid dienone is 2. The fourth-order valence-electron chi connectivity index (χ4n) is 2.15. The number of carbonyl (C=O) groups is 1. The summed E-state index contributed by atoms with van der Waals surface area (Å²) in [5.74, 6) is 2.60. The van der Waals surface area contributed by atoms with E-state index in [1.165, 1.54) is 0 Å². The van der Waals surface area contributed by atoms with Crippen LogP contribution in [0.25, 0.3) is 0 Å². The Labute approximate surface area is 144 Å². The van der Waals surface area contributed by atoms with Crippen LogP contribution in [0.3, 0.4) is 0 Å². The van der Waals surface area contributed by atoms with Crippen molar-refractivity contribution in [3.63, 3.8) is 0 Å². The van der Waals surface area contributed by atoms with Crippen molar-refractivity contribution < 1.29 is 19.0 Å². The van der Waals surface area contributed by atoms with E-state index in [4.69, 9.17) is 20.6 Å². The predicted octanol–water partition coefficient (Wildman–Crippen LogP) is 3.34. The molecule has 0 saturated heterocycles. The Bertz CT molecular complexity index is 602. The molecule has 0 N–H and O–H groups in total. The lowest BCUT2D eigenvalue weighted by Crippen LogP contribution is -2.13. The Kier molecular flexibility index (Phi) is 9.44. The molecule has 130 valence electrons. The van der Waals surface area contributed by atoms with Gasteiger partial charge in [0.2, 0.25) is 0 Å². The number of carbonyl (C=O) groups excluding carboxylic acids is 1. The number of hydrogen-bond donors (Lipinski definition) is 0. The van der Waals surface area contributed by atoms with Gasteiger partial charge in [0.05, 0.1) is 18.9 Å². The molecule has 0 atom stereocenters. The first-order chi connectivity index (χ1) is 11.6. The number of terminal acetylenes is 1. The number of rotatable bonds is 10. The average molecular weight is 331 g/mol. The van der Waals surface area contributed by atoms with Gasteiger partial charge in [0.25, 0.3) is 0 Å². The van der Waals surface area contributed by atoms with Gasteiger partial charge in [-0.25, -0.2) is 0 Å². The fraction of sp³-hybridized carbons (Fsp3) is 0.474. The number of esters is 1. The van der Waals surface area contributed by atoms with Crippen molar-refractivity contribution in [2.75, 3.05) is 13.7 Å². The van der Waals surface area contributed by atoms with E-state index in [1.54, 1.807) is 20.2 Å². The van der Waals surface area contributed by atoms with Gasteiger partial charge >= 0.3 is 5.97 Å². The third kappa shape index (κ3) is 6.53. The highest BCUT2D eigenvalue weighted by atomic mass is 16.5. The summed E-state index contributed by atoms with van der Waals surface area (Å²) < 4.78 is 16.2. The van der Waals surface area contributed by atoms with Crippen LogP contribution in [-0.2, 0) is 27.5 Å². The van der Waals surface area contributed by atoms with Crippen molar-refractivity contribution in [3.8, 4) is 18.1 Å². The van der Waals surface area contributed by atoms with Gasteiger partial charge in [-0.05, 0) is 26.7 Å². The molecule has 1 aromatic heterocycles. The zero-order chi connectivity index (χ0) is 17.8. The molecule has 1 rings (SSSR count). The molecule has 1 aromatic rings. The Hall–Kier alpha value is -2.16. The SMILES string of the molecule is C#CCOCc1cnc(C)c(OC(=O)CCC/C=C\C)c1COC. The maximum Gasteiger partial charge on any atom is 0.311 e. The smallest absolute Gasteiger partial charge is 0.311 e. The van der Waals surface area contributed by atoms with Gasteiger partial charge in [0.15, 0.2) is 5.75 Å². The highest BCUT2D eigenvalue weighted by Crippen LogP contribution is 2.27. The second kappa shape index (κ2) is 11.4. The summed E-state index contributed by atoms with van der Waals surface area (Å²) in [6.45, 7) is 4.56. The number of unbranched alkanes of at least 4 members (excludes halogenated alkanes) is 1. The average Bonchev–Trinajstić information content (AvgIpc) is 2.57. The van der Waals surface area contributed by atoms with Gasteiger partial charge in [0.1, 0.15) is 6.61 Å². The topological polar surface area (TPSA) is 57.7 Å². The van der Waals surface area contributed by atoms with Crippen LogP contribution in [0.5, 0.6) is 5.75 Å². The minimum Gasteiger partial charge on any atom is -0.424 e. The quantitative estimate of drug-likeness (QED) is 0.285. The Morgan fingerprint density at radius 1 is 1.42 bits per heavy atom. The summed E-state index contributed by atoms with van der Waals surface area (Å²) in [6, 6.07) is 0. The summed E-state index contributed by atoms with van der Waals surface area (Å²) in [6.07, 6.45) is 12.8. The predicted molar refractivity (Wildman–Crippen MR) is 92.5 cm³/mol. The molecule has 0 spiro atoms. The van der Waals surface area contributed by atoms with E-state index in [-0.39, 0.29) is 12.6 Å². The maximum absolute atomic E-state index is 12.1. The van der Waals surface area contributed by atoms with Crippen LogP contribution in [0.1, 0.15) is 43.0 Å². The van der Waals surface area contributed by atoms with Crippen LogP contribution < -0.4 is 4.74 Å². The first-order valence-electron chi connectivity index (χ1n) is 7.93. The van der Waals surface area contributed by atoms with E-state index < -0.39 is 0 Å². The van der Waals surface area contributed by atoms with Crippen LogP contribution in [-0.4, -0.2) is 24.7 Å². The molecule has 0 bridgehead atoms. The molecule has 1 heterocycles.